The topological polar surface area (TPSA) is 75.4 Å². The third-order valence-electron chi connectivity index (χ3n) is 4.21. The van der Waals surface area contributed by atoms with Gasteiger partial charge in [-0.3, -0.25) is 9.59 Å². The van der Waals surface area contributed by atoms with Crippen molar-refractivity contribution < 1.29 is 9.59 Å². The van der Waals surface area contributed by atoms with E-state index in [0.29, 0.717) is 23.6 Å². The summed E-state index contributed by atoms with van der Waals surface area (Å²) < 4.78 is 0. The minimum absolute atomic E-state index is 0.0139. The number of benzene rings is 1. The smallest absolute Gasteiger partial charge is 0.313 e. The summed E-state index contributed by atoms with van der Waals surface area (Å²) in [7, 11) is 0. The molecule has 2 rings (SSSR count). The van der Waals surface area contributed by atoms with Gasteiger partial charge in [-0.15, -0.1) is 0 Å². The van der Waals surface area contributed by atoms with Crippen molar-refractivity contribution in [2.45, 2.75) is 57.7 Å². The lowest BCUT2D eigenvalue weighted by Crippen LogP contribution is -2.66. The Morgan fingerprint density at radius 2 is 1.78 bits per heavy atom. The predicted octanol–water partition coefficient (Wildman–Crippen LogP) is 2.79. The van der Waals surface area contributed by atoms with Crippen LogP contribution in [-0.2, 0) is 9.59 Å². The van der Waals surface area contributed by atoms with Gasteiger partial charge in [0.05, 0.1) is 0 Å². The minimum Gasteiger partial charge on any atom is -0.328 e. The molecular weight excluding hydrogens is 314 g/mol. The fourth-order valence-electron chi connectivity index (χ4n) is 3.76. The fraction of sp³-hybridized carbons (Fsp3) is 0.529. The molecule has 1 aliphatic heterocycles. The van der Waals surface area contributed by atoms with Gasteiger partial charge in [0.1, 0.15) is 0 Å². The first-order chi connectivity index (χ1) is 10.5. The average Bonchev–Trinajstić information content (AvgIpc) is 2.34. The van der Waals surface area contributed by atoms with Gasteiger partial charge in [-0.2, -0.15) is 0 Å². The number of nitrogens with zero attached hydrogens (tertiary/aromatic N) is 1. The molecule has 0 saturated carbocycles. The van der Waals surface area contributed by atoms with Crippen LogP contribution >= 0.6 is 11.6 Å². The SMILES string of the molecule is CC1(C)CC(N)CC(C)(C)N1C(=O)C(=O)Nc1cccc(Cl)c1. The number of nitrogens with one attached hydrogen (secondary N) is 1. The molecule has 1 fully saturated rings. The van der Waals surface area contributed by atoms with E-state index >= 15 is 0 Å². The highest BCUT2D eigenvalue weighted by Crippen LogP contribution is 2.37. The van der Waals surface area contributed by atoms with Crippen molar-refractivity contribution in [3.63, 3.8) is 0 Å². The molecule has 1 heterocycles. The number of piperidine rings is 1. The maximum atomic E-state index is 12.8. The van der Waals surface area contributed by atoms with E-state index in [-0.39, 0.29) is 6.04 Å². The Morgan fingerprint density at radius 1 is 1.22 bits per heavy atom. The van der Waals surface area contributed by atoms with Crippen LogP contribution < -0.4 is 11.1 Å². The van der Waals surface area contributed by atoms with Gasteiger partial charge >= 0.3 is 11.8 Å². The van der Waals surface area contributed by atoms with Gasteiger partial charge in [0, 0.05) is 27.8 Å². The zero-order chi connectivity index (χ0) is 17.4. The van der Waals surface area contributed by atoms with Crippen molar-refractivity contribution in [2.75, 3.05) is 5.32 Å². The molecule has 0 aliphatic carbocycles. The molecule has 5 nitrogen and oxygen atoms in total. The molecule has 2 amide bonds. The lowest BCUT2D eigenvalue weighted by Gasteiger charge is -2.54. The number of carbonyl (C=O) groups excluding carboxylic acids is 2. The minimum atomic E-state index is -0.663. The average molecular weight is 338 g/mol. The molecule has 0 unspecified atom stereocenters. The molecule has 1 aromatic rings. The van der Waals surface area contributed by atoms with Crippen molar-refractivity contribution in [1.29, 1.82) is 0 Å². The largest absolute Gasteiger partial charge is 0.328 e. The normalized spacial score (nSPS) is 20.2. The van der Waals surface area contributed by atoms with E-state index in [0.717, 1.165) is 0 Å². The third-order valence-corrected chi connectivity index (χ3v) is 4.45. The van der Waals surface area contributed by atoms with Crippen LogP contribution in [0.15, 0.2) is 24.3 Å². The lowest BCUT2D eigenvalue weighted by atomic mass is 9.77. The predicted molar refractivity (Wildman–Crippen MR) is 92.3 cm³/mol. The maximum absolute atomic E-state index is 12.8. The zero-order valence-corrected chi connectivity index (χ0v) is 14.8. The van der Waals surface area contributed by atoms with Crippen LogP contribution in [0.25, 0.3) is 0 Å². The van der Waals surface area contributed by atoms with E-state index < -0.39 is 22.9 Å². The van der Waals surface area contributed by atoms with Gasteiger partial charge in [-0.05, 0) is 58.7 Å². The summed E-state index contributed by atoms with van der Waals surface area (Å²) in [6.45, 7) is 7.77. The van der Waals surface area contributed by atoms with E-state index in [1.165, 1.54) is 0 Å². The van der Waals surface area contributed by atoms with Crippen LogP contribution in [0.5, 0.6) is 0 Å². The molecule has 0 radical (unpaired) electrons. The van der Waals surface area contributed by atoms with Gasteiger partial charge in [0.15, 0.2) is 0 Å². The Morgan fingerprint density at radius 3 is 2.30 bits per heavy atom. The Balaban J connectivity index is 2.22. The molecular formula is C17H24ClN3O2. The van der Waals surface area contributed by atoms with Gasteiger partial charge in [0.2, 0.25) is 0 Å². The number of hydrogen-bond donors (Lipinski definition) is 2. The number of halogens is 1. The Labute approximate surface area is 142 Å². The van der Waals surface area contributed by atoms with Crippen LogP contribution in [0.2, 0.25) is 5.02 Å². The highest BCUT2D eigenvalue weighted by atomic mass is 35.5. The Kier molecular flexibility index (Phi) is 4.74. The van der Waals surface area contributed by atoms with Gasteiger partial charge in [0.25, 0.3) is 0 Å². The second-order valence-corrected chi connectivity index (χ2v) is 7.83. The second-order valence-electron chi connectivity index (χ2n) is 7.40. The number of nitrogens with two attached hydrogens (primary N) is 1. The summed E-state index contributed by atoms with van der Waals surface area (Å²) in [5.41, 5.74) is 5.65. The number of rotatable bonds is 1. The number of anilines is 1. The summed E-state index contributed by atoms with van der Waals surface area (Å²) in [5.74, 6) is -1.21. The summed E-state index contributed by atoms with van der Waals surface area (Å²) in [6.07, 6.45) is 1.32. The molecule has 1 aromatic carbocycles. The number of likely N-dealkylation sites (tertiary alicyclic amines) is 1. The first-order valence-corrected chi connectivity index (χ1v) is 8.07. The Hall–Kier alpha value is -1.59. The van der Waals surface area contributed by atoms with E-state index in [9.17, 15) is 9.59 Å². The van der Waals surface area contributed by atoms with Crippen molar-refractivity contribution in [1.82, 2.24) is 4.90 Å². The van der Waals surface area contributed by atoms with Gasteiger partial charge in [-0.1, -0.05) is 17.7 Å². The summed E-state index contributed by atoms with van der Waals surface area (Å²) in [6, 6.07) is 6.74. The first kappa shape index (κ1) is 17.8. The van der Waals surface area contributed by atoms with Gasteiger partial charge < -0.3 is 16.0 Å². The standard InChI is InChI=1S/C17H24ClN3O2/c1-16(2)9-12(19)10-17(3,4)21(16)15(23)14(22)20-13-7-5-6-11(18)8-13/h5-8,12H,9-10,19H2,1-4H3,(H,20,22). The number of amides is 2. The molecule has 0 atom stereocenters. The molecule has 0 aromatic heterocycles. The molecule has 1 saturated heterocycles. The molecule has 1 aliphatic rings. The van der Waals surface area contributed by atoms with Crippen LogP contribution in [0.1, 0.15) is 40.5 Å². The second kappa shape index (κ2) is 6.13. The van der Waals surface area contributed by atoms with E-state index in [2.05, 4.69) is 5.32 Å². The molecule has 3 N–H and O–H groups in total. The van der Waals surface area contributed by atoms with Gasteiger partial charge in [-0.25, -0.2) is 0 Å². The Bertz CT molecular complexity index is 610. The first-order valence-electron chi connectivity index (χ1n) is 7.70. The van der Waals surface area contributed by atoms with Crippen molar-refractivity contribution in [2.24, 2.45) is 5.73 Å². The van der Waals surface area contributed by atoms with Crippen molar-refractivity contribution in [3.8, 4) is 0 Å². The third kappa shape index (κ3) is 3.85. The van der Waals surface area contributed by atoms with Crippen LogP contribution in [0.4, 0.5) is 5.69 Å². The van der Waals surface area contributed by atoms with Crippen LogP contribution in [0, 0.1) is 0 Å². The zero-order valence-electron chi connectivity index (χ0n) is 14.0. The van der Waals surface area contributed by atoms with Crippen molar-refractivity contribution >= 4 is 29.1 Å². The van der Waals surface area contributed by atoms with E-state index in [1.807, 2.05) is 27.7 Å². The molecule has 0 bridgehead atoms. The van der Waals surface area contributed by atoms with Crippen LogP contribution in [0.3, 0.4) is 0 Å². The fourth-order valence-corrected chi connectivity index (χ4v) is 3.95. The molecule has 126 valence electrons. The summed E-state index contributed by atoms with van der Waals surface area (Å²) in [4.78, 5) is 26.8. The van der Waals surface area contributed by atoms with E-state index in [4.69, 9.17) is 17.3 Å². The number of hydrogen-bond acceptors (Lipinski definition) is 3. The van der Waals surface area contributed by atoms with Crippen molar-refractivity contribution in [3.05, 3.63) is 29.3 Å². The maximum Gasteiger partial charge on any atom is 0.313 e. The number of carbonyl (C=O) groups is 2. The summed E-state index contributed by atoms with van der Waals surface area (Å²) >= 11 is 5.90. The molecule has 0 spiro atoms. The summed E-state index contributed by atoms with van der Waals surface area (Å²) in [5, 5.41) is 3.12. The highest BCUT2D eigenvalue weighted by Gasteiger charge is 2.48. The quantitative estimate of drug-likeness (QED) is 0.774. The highest BCUT2D eigenvalue weighted by molar-refractivity contribution is 6.40. The monoisotopic (exact) mass is 337 g/mol. The molecule has 23 heavy (non-hydrogen) atoms. The van der Waals surface area contributed by atoms with Crippen LogP contribution in [-0.4, -0.2) is 33.8 Å². The van der Waals surface area contributed by atoms with E-state index in [1.54, 1.807) is 29.2 Å². The molecule has 6 heteroatoms. The lowest BCUT2D eigenvalue weighted by molar-refractivity contribution is -0.156.